The molecule has 8 nitrogen and oxygen atoms in total. The third-order valence-electron chi connectivity index (χ3n) is 9.93. The van der Waals surface area contributed by atoms with Gasteiger partial charge in [0.1, 0.15) is 34.8 Å². The monoisotopic (exact) mass is 733 g/mol. The number of halogens is 7. The fraction of sp³-hybridized carbons (Fsp3) is 0.382. The second-order valence-electron chi connectivity index (χ2n) is 13.1. The van der Waals surface area contributed by atoms with E-state index in [2.05, 4.69) is 15.3 Å². The molecule has 0 amide bonds. The maximum absolute atomic E-state index is 16.4. The van der Waals surface area contributed by atoms with Crippen LogP contribution in [0.4, 0.5) is 37.2 Å². The number of nitrogens with two attached hydrogens (primary N) is 1. The highest BCUT2D eigenvalue weighted by Crippen LogP contribution is 2.44. The van der Waals surface area contributed by atoms with Crippen molar-refractivity contribution >= 4 is 56.6 Å². The summed E-state index contributed by atoms with van der Waals surface area (Å²) in [6.45, 7) is 1.22. The van der Waals surface area contributed by atoms with Gasteiger partial charge in [0, 0.05) is 48.3 Å². The number of nitrogens with zero attached hydrogens (tertiary/aromatic N) is 5. The third-order valence-corrected chi connectivity index (χ3v) is 11.2. The summed E-state index contributed by atoms with van der Waals surface area (Å²) < 4.78 is 91.7. The standard InChI is InChI=1S/C34H30ClF6N7OS/c35-23-10-22-28(27(39)21(23)3-1-4-24(36)25-9-18(13-42)30(43)50-25)44-32(49-17-34-6-2-8-48(34)14-19(11-34)29(40)41)45-31(22)47-15-20-5-7-33(16-47,46-20)12-26(37)38/h1,3-4,9-10,12,20,46H,2,5-8,11,14-17,43H2/b3-1+,24-4+/t20-,33-,34+/m1/s1. The zero-order valence-corrected chi connectivity index (χ0v) is 28.0. The molecule has 2 aromatic heterocycles. The van der Waals surface area contributed by atoms with Gasteiger partial charge < -0.3 is 20.7 Å². The van der Waals surface area contributed by atoms with Crippen molar-refractivity contribution in [3.63, 3.8) is 0 Å². The Kier molecular flexibility index (Phi) is 9.08. The molecule has 0 unspecified atom stereocenters. The van der Waals surface area contributed by atoms with Gasteiger partial charge in [-0.25, -0.2) is 8.78 Å². The molecule has 0 aliphatic carbocycles. The van der Waals surface area contributed by atoms with Crippen molar-refractivity contribution in [2.75, 3.05) is 43.4 Å². The summed E-state index contributed by atoms with van der Waals surface area (Å²) in [7, 11) is 0. The largest absolute Gasteiger partial charge is 0.461 e. The molecule has 4 aliphatic heterocycles. The topological polar surface area (TPSA) is 103 Å². The molecular weight excluding hydrogens is 704 g/mol. The number of fused-ring (bicyclic) bond motifs is 4. The first-order valence-corrected chi connectivity index (χ1v) is 17.1. The molecule has 0 saturated carbocycles. The van der Waals surface area contributed by atoms with Gasteiger partial charge in [0.15, 0.2) is 5.82 Å². The van der Waals surface area contributed by atoms with Gasteiger partial charge in [-0.15, -0.1) is 11.3 Å². The lowest BCUT2D eigenvalue weighted by Crippen LogP contribution is -2.59. The number of thiophene rings is 1. The summed E-state index contributed by atoms with van der Waals surface area (Å²) in [4.78, 5) is 12.9. The number of hydrogen-bond donors (Lipinski definition) is 2. The fourth-order valence-corrected chi connectivity index (χ4v) is 8.71. The van der Waals surface area contributed by atoms with E-state index in [1.54, 1.807) is 4.90 Å². The fourth-order valence-electron chi connectivity index (χ4n) is 7.66. The Morgan fingerprint density at radius 1 is 1.22 bits per heavy atom. The SMILES string of the molecule is N#Cc1cc(/C(F)=C\C=C\c2c(Cl)cc3c(N4C[C@H]5CC[C@@](C=C(F)F)(C4)N5)nc(OC[C@@]45CCCN4CC(=C(F)F)C5)nc3c2F)sc1N. The molecule has 0 radical (unpaired) electrons. The average Bonchev–Trinajstić information content (AvgIpc) is 3.81. The molecule has 7 rings (SSSR count). The van der Waals surface area contributed by atoms with E-state index in [0.29, 0.717) is 32.4 Å². The summed E-state index contributed by atoms with van der Waals surface area (Å²) in [5.74, 6) is -1.33. The van der Waals surface area contributed by atoms with Gasteiger partial charge >= 0.3 is 6.01 Å². The zero-order valence-electron chi connectivity index (χ0n) is 26.4. The van der Waals surface area contributed by atoms with Crippen molar-refractivity contribution in [1.82, 2.24) is 20.2 Å². The summed E-state index contributed by atoms with van der Waals surface area (Å²) in [5, 5.41) is 12.7. The Morgan fingerprint density at radius 3 is 2.78 bits per heavy atom. The molecular formula is C34H30ClF6N7OS. The van der Waals surface area contributed by atoms with Crippen molar-refractivity contribution in [2.45, 2.75) is 49.2 Å². The predicted molar refractivity (Wildman–Crippen MR) is 180 cm³/mol. The van der Waals surface area contributed by atoms with Crippen LogP contribution in [0.5, 0.6) is 6.01 Å². The molecule has 3 atom stereocenters. The molecule has 50 heavy (non-hydrogen) atoms. The number of hydrogen-bond acceptors (Lipinski definition) is 9. The second kappa shape index (κ2) is 13.2. The van der Waals surface area contributed by atoms with Gasteiger partial charge in [-0.3, -0.25) is 4.90 Å². The summed E-state index contributed by atoms with van der Waals surface area (Å²) in [5.41, 5.74) is 3.94. The van der Waals surface area contributed by atoms with E-state index < -0.39 is 34.9 Å². The number of aromatic nitrogens is 2. The van der Waals surface area contributed by atoms with Crippen LogP contribution in [0, 0.1) is 17.1 Å². The average molecular weight is 734 g/mol. The Bertz CT molecular complexity index is 2040. The molecule has 16 heteroatoms. The van der Waals surface area contributed by atoms with Gasteiger partial charge in [-0.1, -0.05) is 23.8 Å². The van der Waals surface area contributed by atoms with Crippen molar-refractivity contribution < 1.29 is 31.1 Å². The number of ether oxygens (including phenoxy) is 1. The Labute approximate surface area is 292 Å². The van der Waals surface area contributed by atoms with Crippen molar-refractivity contribution in [3.8, 4) is 12.1 Å². The molecule has 4 aliphatic rings. The van der Waals surface area contributed by atoms with Crippen LogP contribution >= 0.6 is 22.9 Å². The molecule has 3 N–H and O–H groups in total. The van der Waals surface area contributed by atoms with Gasteiger partial charge in [-0.05, 0) is 56.9 Å². The summed E-state index contributed by atoms with van der Waals surface area (Å²) >= 11 is 7.49. The number of rotatable bonds is 8. The lowest BCUT2D eigenvalue weighted by molar-refractivity contribution is 0.108. The molecule has 1 aromatic carbocycles. The van der Waals surface area contributed by atoms with Crippen LogP contribution in [-0.4, -0.2) is 64.8 Å². The van der Waals surface area contributed by atoms with Gasteiger partial charge in [-0.2, -0.15) is 32.8 Å². The van der Waals surface area contributed by atoms with Crippen molar-refractivity contribution in [1.29, 1.82) is 5.26 Å². The van der Waals surface area contributed by atoms with Gasteiger partial charge in [0.25, 0.3) is 12.2 Å². The number of nitrogens with one attached hydrogen (secondary N) is 1. The van der Waals surface area contributed by atoms with E-state index >= 15 is 4.39 Å². The number of anilines is 2. The van der Waals surface area contributed by atoms with Crippen LogP contribution < -0.4 is 20.7 Å². The molecule has 0 spiro atoms. The predicted octanol–water partition coefficient (Wildman–Crippen LogP) is 7.82. The Balaban J connectivity index is 1.27. The highest BCUT2D eigenvalue weighted by atomic mass is 35.5. The van der Waals surface area contributed by atoms with Crippen molar-refractivity contribution in [2.24, 2.45) is 0 Å². The number of nitrogen functional groups attached to an aromatic ring is 1. The molecule has 2 bridgehead atoms. The van der Waals surface area contributed by atoms with Crippen LogP contribution in [0.15, 0.2) is 48.1 Å². The third kappa shape index (κ3) is 6.34. The van der Waals surface area contributed by atoms with Crippen LogP contribution in [0.2, 0.25) is 5.02 Å². The maximum Gasteiger partial charge on any atom is 0.319 e. The Hall–Kier alpha value is -4.10. The number of piperazine rings is 1. The van der Waals surface area contributed by atoms with E-state index in [4.69, 9.17) is 27.3 Å². The summed E-state index contributed by atoms with van der Waals surface area (Å²) in [6.07, 6.45) is 3.61. The molecule has 4 fully saturated rings. The normalized spacial score (nSPS) is 25.1. The number of allylic oxidation sites excluding steroid dienone is 2. The van der Waals surface area contributed by atoms with Crippen LogP contribution in [0.3, 0.4) is 0 Å². The quantitative estimate of drug-likeness (QED) is 0.179. The first kappa shape index (κ1) is 34.4. The first-order valence-electron chi connectivity index (χ1n) is 15.9. The minimum Gasteiger partial charge on any atom is -0.461 e. The van der Waals surface area contributed by atoms with Gasteiger partial charge in [0.2, 0.25) is 0 Å². The first-order chi connectivity index (χ1) is 23.9. The van der Waals surface area contributed by atoms with E-state index in [0.717, 1.165) is 29.9 Å². The van der Waals surface area contributed by atoms with E-state index in [1.165, 1.54) is 24.3 Å². The Morgan fingerprint density at radius 2 is 2.04 bits per heavy atom. The molecule has 3 aromatic rings. The van der Waals surface area contributed by atoms with Crippen LogP contribution in [0.1, 0.15) is 48.1 Å². The minimum absolute atomic E-state index is 0.0224. The molecule has 6 heterocycles. The van der Waals surface area contributed by atoms with E-state index in [1.807, 2.05) is 11.0 Å². The van der Waals surface area contributed by atoms with Crippen LogP contribution in [-0.2, 0) is 0 Å². The highest BCUT2D eigenvalue weighted by molar-refractivity contribution is 7.17. The molecule has 262 valence electrons. The van der Waals surface area contributed by atoms with Gasteiger partial charge in [0.05, 0.1) is 26.5 Å². The van der Waals surface area contributed by atoms with E-state index in [9.17, 15) is 22.0 Å². The summed E-state index contributed by atoms with van der Waals surface area (Å²) in [6, 6.07) is 4.31. The number of benzene rings is 1. The second-order valence-corrected chi connectivity index (χ2v) is 14.6. The number of nitriles is 1. The lowest BCUT2D eigenvalue weighted by Gasteiger charge is -2.40. The molecule has 4 saturated heterocycles. The zero-order chi connectivity index (χ0) is 35.4. The minimum atomic E-state index is -1.82. The highest BCUT2D eigenvalue weighted by Gasteiger charge is 2.49. The lowest BCUT2D eigenvalue weighted by atomic mass is 9.94. The smallest absolute Gasteiger partial charge is 0.319 e. The van der Waals surface area contributed by atoms with Crippen LogP contribution in [0.25, 0.3) is 22.8 Å². The maximum atomic E-state index is 16.4. The van der Waals surface area contributed by atoms with E-state index in [-0.39, 0.29) is 86.5 Å². The van der Waals surface area contributed by atoms with Crippen molar-refractivity contribution in [3.05, 3.63) is 74.9 Å².